The third-order valence-corrected chi connectivity index (χ3v) is 4.98. The highest BCUT2D eigenvalue weighted by atomic mass is 19.1. The Morgan fingerprint density at radius 3 is 2.76 bits per heavy atom. The van der Waals surface area contributed by atoms with Crippen LogP contribution in [0.15, 0.2) is 30.6 Å². The summed E-state index contributed by atoms with van der Waals surface area (Å²) in [5.74, 6) is 0.405. The quantitative estimate of drug-likeness (QED) is 0.917. The number of carbonyl (C=O) groups excluding carboxylic acids is 1. The number of amides is 2. The Bertz CT molecular complexity index is 737. The Balaban J connectivity index is 1.60. The number of benzene rings is 1. The van der Waals surface area contributed by atoms with Crippen LogP contribution in [-0.4, -0.2) is 33.6 Å². The lowest BCUT2D eigenvalue weighted by Gasteiger charge is -2.31. The summed E-state index contributed by atoms with van der Waals surface area (Å²) >= 11 is 0. The van der Waals surface area contributed by atoms with Gasteiger partial charge in [-0.15, -0.1) is 0 Å². The summed E-state index contributed by atoms with van der Waals surface area (Å²) in [5, 5.41) is 2.89. The molecule has 2 amide bonds. The number of hydrogen-bond donors (Lipinski definition) is 1. The SMILES string of the molecule is Cc1nccn1-c1ccc(CNC(=O)N(C)C2CCCCC2)cc1F. The van der Waals surface area contributed by atoms with E-state index in [1.165, 1.54) is 25.3 Å². The fraction of sp³-hybridized carbons (Fsp3) is 0.474. The molecule has 0 bridgehead atoms. The molecule has 6 heteroatoms. The first kappa shape index (κ1) is 17.5. The summed E-state index contributed by atoms with van der Waals surface area (Å²) in [6, 6.07) is 5.24. The summed E-state index contributed by atoms with van der Waals surface area (Å²) in [4.78, 5) is 18.2. The molecule has 1 aliphatic rings. The summed E-state index contributed by atoms with van der Waals surface area (Å²) in [6.45, 7) is 2.14. The maximum Gasteiger partial charge on any atom is 0.317 e. The van der Waals surface area contributed by atoms with Crippen LogP contribution in [-0.2, 0) is 6.54 Å². The highest BCUT2D eigenvalue weighted by Gasteiger charge is 2.21. The molecule has 5 nitrogen and oxygen atoms in total. The molecule has 1 aliphatic carbocycles. The van der Waals surface area contributed by atoms with Crippen molar-refractivity contribution in [3.05, 3.63) is 47.8 Å². The zero-order valence-electron chi connectivity index (χ0n) is 14.8. The van der Waals surface area contributed by atoms with Crippen LogP contribution < -0.4 is 5.32 Å². The van der Waals surface area contributed by atoms with Crippen molar-refractivity contribution in [2.45, 2.75) is 51.6 Å². The summed E-state index contributed by atoms with van der Waals surface area (Å²) in [5.41, 5.74) is 1.20. The first-order valence-electron chi connectivity index (χ1n) is 8.85. The molecule has 0 atom stereocenters. The van der Waals surface area contributed by atoms with E-state index in [0.717, 1.165) is 24.2 Å². The van der Waals surface area contributed by atoms with Gasteiger partial charge in [0.1, 0.15) is 11.6 Å². The third kappa shape index (κ3) is 4.00. The number of carbonyl (C=O) groups is 1. The average Bonchev–Trinajstić information content (AvgIpc) is 3.05. The second-order valence-electron chi connectivity index (χ2n) is 6.69. The molecular weight excluding hydrogens is 319 g/mol. The molecule has 0 unspecified atom stereocenters. The Hall–Kier alpha value is -2.37. The molecule has 134 valence electrons. The number of nitrogens with zero attached hydrogens (tertiary/aromatic N) is 3. The van der Waals surface area contributed by atoms with Gasteiger partial charge in [-0.05, 0) is 37.5 Å². The number of nitrogens with one attached hydrogen (secondary N) is 1. The van der Waals surface area contributed by atoms with Crippen molar-refractivity contribution in [1.29, 1.82) is 0 Å². The minimum Gasteiger partial charge on any atom is -0.334 e. The van der Waals surface area contributed by atoms with Crippen molar-refractivity contribution in [1.82, 2.24) is 19.8 Å². The Morgan fingerprint density at radius 1 is 1.36 bits per heavy atom. The van der Waals surface area contributed by atoms with E-state index in [0.29, 0.717) is 18.3 Å². The van der Waals surface area contributed by atoms with Crippen LogP contribution in [0.4, 0.5) is 9.18 Å². The number of aromatic nitrogens is 2. The smallest absolute Gasteiger partial charge is 0.317 e. The van der Waals surface area contributed by atoms with Crippen LogP contribution in [0.2, 0.25) is 0 Å². The number of halogens is 1. The highest BCUT2D eigenvalue weighted by molar-refractivity contribution is 5.74. The van der Waals surface area contributed by atoms with Gasteiger partial charge in [0.2, 0.25) is 0 Å². The maximum absolute atomic E-state index is 14.4. The van der Waals surface area contributed by atoms with E-state index in [4.69, 9.17) is 0 Å². The molecule has 1 N–H and O–H groups in total. The van der Waals surface area contributed by atoms with Crippen molar-refractivity contribution in [3.63, 3.8) is 0 Å². The standard InChI is InChI=1S/C19H25FN4O/c1-14-21-10-11-24(14)18-9-8-15(12-17(18)20)13-22-19(25)23(2)16-6-4-3-5-7-16/h8-12,16H,3-7,13H2,1-2H3,(H,22,25). The molecule has 1 saturated carbocycles. The molecule has 0 aliphatic heterocycles. The minimum atomic E-state index is -0.325. The second-order valence-corrected chi connectivity index (χ2v) is 6.69. The lowest BCUT2D eigenvalue weighted by molar-refractivity contribution is 0.173. The van der Waals surface area contributed by atoms with Gasteiger partial charge >= 0.3 is 6.03 Å². The second kappa shape index (κ2) is 7.68. The lowest BCUT2D eigenvalue weighted by Crippen LogP contribution is -2.44. The molecule has 1 aromatic heterocycles. The summed E-state index contributed by atoms with van der Waals surface area (Å²) in [6.07, 6.45) is 9.13. The van der Waals surface area contributed by atoms with Crippen molar-refractivity contribution in [2.75, 3.05) is 7.05 Å². The molecule has 1 fully saturated rings. The van der Waals surface area contributed by atoms with Crippen molar-refractivity contribution in [2.24, 2.45) is 0 Å². The largest absolute Gasteiger partial charge is 0.334 e. The zero-order chi connectivity index (χ0) is 17.8. The third-order valence-electron chi connectivity index (χ3n) is 4.98. The summed E-state index contributed by atoms with van der Waals surface area (Å²) in [7, 11) is 1.84. The molecule has 25 heavy (non-hydrogen) atoms. The Morgan fingerprint density at radius 2 is 2.12 bits per heavy atom. The first-order chi connectivity index (χ1) is 12.1. The van der Waals surface area contributed by atoms with E-state index in [1.807, 2.05) is 20.0 Å². The molecule has 0 spiro atoms. The van der Waals surface area contributed by atoms with Crippen LogP contribution in [0.1, 0.15) is 43.5 Å². The molecule has 0 radical (unpaired) electrons. The van der Waals surface area contributed by atoms with Gasteiger partial charge < -0.3 is 14.8 Å². The number of urea groups is 1. The average molecular weight is 344 g/mol. The fourth-order valence-corrected chi connectivity index (χ4v) is 3.42. The van der Waals surface area contributed by atoms with Gasteiger partial charge in [-0.25, -0.2) is 14.2 Å². The van der Waals surface area contributed by atoms with Gasteiger partial charge in [0, 0.05) is 32.0 Å². The van der Waals surface area contributed by atoms with E-state index >= 15 is 0 Å². The molecule has 3 rings (SSSR count). The molecule has 1 heterocycles. The van der Waals surface area contributed by atoms with Crippen molar-refractivity contribution in [3.8, 4) is 5.69 Å². The van der Waals surface area contributed by atoms with Gasteiger partial charge in [-0.3, -0.25) is 0 Å². The van der Waals surface area contributed by atoms with Crippen LogP contribution >= 0.6 is 0 Å². The van der Waals surface area contributed by atoms with Gasteiger partial charge in [0.05, 0.1) is 5.69 Å². The normalized spacial score (nSPS) is 15.2. The van der Waals surface area contributed by atoms with Crippen LogP contribution in [0.25, 0.3) is 5.69 Å². The lowest BCUT2D eigenvalue weighted by atomic mass is 9.95. The molecule has 2 aromatic rings. The topological polar surface area (TPSA) is 50.2 Å². The Labute approximate surface area is 147 Å². The predicted octanol–water partition coefficient (Wildman–Crippen LogP) is 3.79. The first-order valence-corrected chi connectivity index (χ1v) is 8.85. The monoisotopic (exact) mass is 344 g/mol. The van der Waals surface area contributed by atoms with Crippen molar-refractivity contribution >= 4 is 6.03 Å². The van der Waals surface area contributed by atoms with Gasteiger partial charge in [-0.1, -0.05) is 25.3 Å². The van der Waals surface area contributed by atoms with E-state index in [-0.39, 0.29) is 11.8 Å². The Kier molecular flexibility index (Phi) is 5.36. The highest BCUT2D eigenvalue weighted by Crippen LogP contribution is 2.22. The summed E-state index contributed by atoms with van der Waals surface area (Å²) < 4.78 is 16.1. The van der Waals surface area contributed by atoms with Gasteiger partial charge in [-0.2, -0.15) is 0 Å². The molecular formula is C19H25FN4O. The number of aryl methyl sites for hydroxylation is 1. The fourth-order valence-electron chi connectivity index (χ4n) is 3.42. The van der Waals surface area contributed by atoms with Crippen LogP contribution in [0.5, 0.6) is 0 Å². The van der Waals surface area contributed by atoms with E-state index in [2.05, 4.69) is 10.3 Å². The van der Waals surface area contributed by atoms with E-state index < -0.39 is 0 Å². The van der Waals surface area contributed by atoms with E-state index in [9.17, 15) is 9.18 Å². The number of imidazole rings is 1. The van der Waals surface area contributed by atoms with Crippen LogP contribution in [0.3, 0.4) is 0 Å². The number of rotatable bonds is 4. The maximum atomic E-state index is 14.4. The van der Waals surface area contributed by atoms with Crippen LogP contribution in [0, 0.1) is 12.7 Å². The predicted molar refractivity (Wildman–Crippen MR) is 95.1 cm³/mol. The minimum absolute atomic E-state index is 0.0955. The van der Waals surface area contributed by atoms with Gasteiger partial charge in [0.15, 0.2) is 0 Å². The van der Waals surface area contributed by atoms with E-state index in [1.54, 1.807) is 27.9 Å². The van der Waals surface area contributed by atoms with Crippen molar-refractivity contribution < 1.29 is 9.18 Å². The number of hydrogen-bond acceptors (Lipinski definition) is 2. The molecule has 1 aromatic carbocycles. The molecule has 0 saturated heterocycles. The van der Waals surface area contributed by atoms with Gasteiger partial charge in [0.25, 0.3) is 0 Å². The zero-order valence-corrected chi connectivity index (χ0v) is 14.8.